The highest BCUT2D eigenvalue weighted by atomic mass is 79.9. The molecule has 0 aliphatic rings. The SMILES string of the molecule is N#Cc1ccccc1NC(=O)c1ccc(COc2ccc(Br)cc2)o1. The molecule has 3 rings (SSSR count). The zero-order chi connectivity index (χ0) is 17.6. The Hall–Kier alpha value is -3.04. The Morgan fingerprint density at radius 1 is 1.12 bits per heavy atom. The van der Waals surface area contributed by atoms with E-state index >= 15 is 0 Å². The summed E-state index contributed by atoms with van der Waals surface area (Å²) in [4.78, 5) is 12.2. The molecule has 1 N–H and O–H groups in total. The molecule has 3 aromatic rings. The summed E-state index contributed by atoms with van der Waals surface area (Å²) in [5, 5.41) is 11.7. The first-order valence-corrected chi connectivity index (χ1v) is 8.22. The first-order valence-electron chi connectivity index (χ1n) is 7.43. The largest absolute Gasteiger partial charge is 0.486 e. The molecule has 0 bridgehead atoms. The standard InChI is InChI=1S/C19H13BrN2O3/c20-14-5-7-15(8-6-14)24-12-16-9-10-18(25-16)19(23)22-17-4-2-1-3-13(17)11-21/h1-10H,12H2,(H,22,23). The van der Waals surface area contributed by atoms with E-state index in [-0.39, 0.29) is 12.4 Å². The third-order valence-electron chi connectivity index (χ3n) is 3.38. The normalized spacial score (nSPS) is 10.1. The van der Waals surface area contributed by atoms with E-state index in [0.29, 0.717) is 22.8 Å². The van der Waals surface area contributed by atoms with Crippen molar-refractivity contribution in [1.29, 1.82) is 5.26 Å². The van der Waals surface area contributed by atoms with Gasteiger partial charge < -0.3 is 14.5 Å². The number of furan rings is 1. The van der Waals surface area contributed by atoms with Crippen LogP contribution in [0.5, 0.6) is 5.75 Å². The number of nitrogens with zero attached hydrogens (tertiary/aromatic N) is 1. The van der Waals surface area contributed by atoms with Crippen molar-refractivity contribution in [3.8, 4) is 11.8 Å². The van der Waals surface area contributed by atoms with E-state index in [2.05, 4.69) is 21.2 Å². The number of hydrogen-bond acceptors (Lipinski definition) is 4. The van der Waals surface area contributed by atoms with Gasteiger partial charge >= 0.3 is 0 Å². The summed E-state index contributed by atoms with van der Waals surface area (Å²) in [6.45, 7) is 0.212. The second-order valence-corrected chi connectivity index (χ2v) is 6.04. The van der Waals surface area contributed by atoms with Gasteiger partial charge in [-0.1, -0.05) is 28.1 Å². The van der Waals surface area contributed by atoms with E-state index in [1.807, 2.05) is 30.3 Å². The van der Waals surface area contributed by atoms with E-state index in [1.54, 1.807) is 36.4 Å². The Kier molecular flexibility index (Phi) is 5.17. The topological polar surface area (TPSA) is 75.3 Å². The lowest BCUT2D eigenvalue weighted by Gasteiger charge is -2.05. The first-order chi connectivity index (χ1) is 12.2. The van der Waals surface area contributed by atoms with Gasteiger partial charge in [-0.25, -0.2) is 0 Å². The van der Waals surface area contributed by atoms with Crippen LogP contribution in [0.25, 0.3) is 0 Å². The Balaban J connectivity index is 1.63. The average molecular weight is 397 g/mol. The molecule has 0 aliphatic carbocycles. The minimum atomic E-state index is -0.419. The molecule has 124 valence electrons. The molecule has 0 saturated heterocycles. The number of amides is 1. The minimum Gasteiger partial charge on any atom is -0.486 e. The van der Waals surface area contributed by atoms with Crippen LogP contribution in [0, 0.1) is 11.3 Å². The zero-order valence-electron chi connectivity index (χ0n) is 13.0. The number of halogens is 1. The molecule has 1 amide bonds. The van der Waals surface area contributed by atoms with Crippen LogP contribution < -0.4 is 10.1 Å². The fraction of sp³-hybridized carbons (Fsp3) is 0.0526. The van der Waals surface area contributed by atoms with Crippen molar-refractivity contribution in [2.75, 3.05) is 5.32 Å². The molecular formula is C19H13BrN2O3. The third-order valence-corrected chi connectivity index (χ3v) is 3.90. The number of para-hydroxylation sites is 1. The van der Waals surface area contributed by atoms with E-state index in [1.165, 1.54) is 0 Å². The van der Waals surface area contributed by atoms with Crippen LogP contribution >= 0.6 is 15.9 Å². The van der Waals surface area contributed by atoms with Crippen LogP contribution in [0.15, 0.2) is 69.6 Å². The third kappa shape index (κ3) is 4.28. The summed E-state index contributed by atoms with van der Waals surface area (Å²) >= 11 is 3.36. The van der Waals surface area contributed by atoms with Crippen molar-refractivity contribution in [1.82, 2.24) is 0 Å². The minimum absolute atomic E-state index is 0.155. The summed E-state index contributed by atoms with van der Waals surface area (Å²) in [5.41, 5.74) is 0.834. The second-order valence-electron chi connectivity index (χ2n) is 5.12. The van der Waals surface area contributed by atoms with Gasteiger partial charge in [0.2, 0.25) is 0 Å². The number of anilines is 1. The van der Waals surface area contributed by atoms with Crippen LogP contribution in [0.4, 0.5) is 5.69 Å². The molecule has 1 heterocycles. The molecule has 5 nitrogen and oxygen atoms in total. The van der Waals surface area contributed by atoms with Gasteiger partial charge in [0.15, 0.2) is 5.76 Å². The lowest BCUT2D eigenvalue weighted by atomic mass is 10.2. The van der Waals surface area contributed by atoms with Crippen molar-refractivity contribution >= 4 is 27.5 Å². The summed E-state index contributed by atoms with van der Waals surface area (Å²) in [6, 6.07) is 19.5. The Morgan fingerprint density at radius 2 is 1.88 bits per heavy atom. The smallest absolute Gasteiger partial charge is 0.291 e. The number of carbonyl (C=O) groups is 1. The molecule has 0 saturated carbocycles. The second kappa shape index (κ2) is 7.69. The predicted molar refractivity (Wildman–Crippen MR) is 96.3 cm³/mol. The molecule has 0 unspecified atom stereocenters. The molecule has 25 heavy (non-hydrogen) atoms. The predicted octanol–water partition coefficient (Wildman–Crippen LogP) is 4.75. The highest BCUT2D eigenvalue weighted by Crippen LogP contribution is 2.19. The molecular weight excluding hydrogens is 384 g/mol. The van der Waals surface area contributed by atoms with Crippen molar-refractivity contribution in [3.05, 3.63) is 82.2 Å². The molecule has 6 heteroatoms. The number of carbonyl (C=O) groups excluding carboxylic acids is 1. The Labute approximate surface area is 153 Å². The number of nitriles is 1. The highest BCUT2D eigenvalue weighted by Gasteiger charge is 2.13. The van der Waals surface area contributed by atoms with Gasteiger partial charge in [0.25, 0.3) is 5.91 Å². The maximum atomic E-state index is 12.2. The lowest BCUT2D eigenvalue weighted by molar-refractivity contribution is 0.0992. The monoisotopic (exact) mass is 396 g/mol. The molecule has 0 spiro atoms. The van der Waals surface area contributed by atoms with Gasteiger partial charge in [-0.15, -0.1) is 0 Å². The molecule has 0 aliphatic heterocycles. The maximum absolute atomic E-state index is 12.2. The molecule has 2 aromatic carbocycles. The lowest BCUT2D eigenvalue weighted by Crippen LogP contribution is -2.11. The highest BCUT2D eigenvalue weighted by molar-refractivity contribution is 9.10. The van der Waals surface area contributed by atoms with Gasteiger partial charge in [-0.2, -0.15) is 5.26 Å². The fourth-order valence-electron chi connectivity index (χ4n) is 2.14. The van der Waals surface area contributed by atoms with E-state index in [0.717, 1.165) is 4.47 Å². The van der Waals surface area contributed by atoms with Crippen molar-refractivity contribution in [2.45, 2.75) is 6.61 Å². The number of rotatable bonds is 5. The van der Waals surface area contributed by atoms with Gasteiger partial charge in [0.05, 0.1) is 11.3 Å². The molecule has 0 atom stereocenters. The summed E-state index contributed by atoms with van der Waals surface area (Å²) in [7, 11) is 0. The molecule has 1 aromatic heterocycles. The van der Waals surface area contributed by atoms with Crippen LogP contribution in [0.3, 0.4) is 0 Å². The molecule has 0 radical (unpaired) electrons. The van der Waals surface area contributed by atoms with Gasteiger partial charge in [0, 0.05) is 4.47 Å². The van der Waals surface area contributed by atoms with Crippen LogP contribution in [0.1, 0.15) is 21.9 Å². The Morgan fingerprint density at radius 3 is 2.64 bits per heavy atom. The first kappa shape index (κ1) is 16.8. The Bertz CT molecular complexity index is 926. The fourth-order valence-corrected chi connectivity index (χ4v) is 2.40. The summed E-state index contributed by atoms with van der Waals surface area (Å²) < 4.78 is 12.1. The maximum Gasteiger partial charge on any atom is 0.291 e. The van der Waals surface area contributed by atoms with Crippen LogP contribution in [0.2, 0.25) is 0 Å². The van der Waals surface area contributed by atoms with Gasteiger partial charge in [-0.05, 0) is 48.5 Å². The van der Waals surface area contributed by atoms with Gasteiger partial charge in [-0.3, -0.25) is 4.79 Å². The summed E-state index contributed by atoms with van der Waals surface area (Å²) in [6.07, 6.45) is 0. The average Bonchev–Trinajstić information content (AvgIpc) is 3.11. The zero-order valence-corrected chi connectivity index (χ0v) is 14.6. The summed E-state index contributed by atoms with van der Waals surface area (Å²) in [5.74, 6) is 0.968. The number of hydrogen-bond donors (Lipinski definition) is 1. The molecule has 0 fully saturated rings. The number of nitrogens with one attached hydrogen (secondary N) is 1. The quantitative estimate of drug-likeness (QED) is 0.675. The van der Waals surface area contributed by atoms with E-state index in [9.17, 15) is 4.79 Å². The van der Waals surface area contributed by atoms with E-state index in [4.69, 9.17) is 14.4 Å². The van der Waals surface area contributed by atoms with Crippen molar-refractivity contribution < 1.29 is 13.9 Å². The van der Waals surface area contributed by atoms with Gasteiger partial charge in [0.1, 0.15) is 24.2 Å². The van der Waals surface area contributed by atoms with Crippen molar-refractivity contribution in [3.63, 3.8) is 0 Å². The van der Waals surface area contributed by atoms with Crippen LogP contribution in [-0.2, 0) is 6.61 Å². The van der Waals surface area contributed by atoms with Crippen LogP contribution in [-0.4, -0.2) is 5.91 Å². The van der Waals surface area contributed by atoms with E-state index < -0.39 is 5.91 Å². The van der Waals surface area contributed by atoms with Crippen molar-refractivity contribution in [2.24, 2.45) is 0 Å². The number of benzene rings is 2. The number of ether oxygens (including phenoxy) is 1.